The summed E-state index contributed by atoms with van der Waals surface area (Å²) in [5.41, 5.74) is 20.2. The molecule has 2 atom stereocenters. The van der Waals surface area contributed by atoms with Crippen LogP contribution >= 0.6 is 11.3 Å². The molecule has 0 amide bonds. The Hall–Kier alpha value is -5.95. The third kappa shape index (κ3) is 14.2. The molecule has 4 aliphatic carbocycles. The van der Waals surface area contributed by atoms with Crippen LogP contribution in [0.4, 0.5) is 17.5 Å². The van der Waals surface area contributed by atoms with Crippen LogP contribution in [0.1, 0.15) is 106 Å². The summed E-state index contributed by atoms with van der Waals surface area (Å²) in [6.45, 7) is 20.1. The van der Waals surface area contributed by atoms with Gasteiger partial charge in [0.1, 0.15) is 24.9 Å². The number of allylic oxidation sites excluding steroid dienone is 1. The minimum absolute atomic E-state index is 0.0102. The van der Waals surface area contributed by atoms with E-state index in [1.807, 2.05) is 73.3 Å². The van der Waals surface area contributed by atoms with Gasteiger partial charge in [0.15, 0.2) is 22.1 Å². The summed E-state index contributed by atoms with van der Waals surface area (Å²) in [5.74, 6) is 1.56. The molecule has 3 heterocycles. The van der Waals surface area contributed by atoms with Crippen molar-refractivity contribution >= 4 is 64.3 Å². The fourth-order valence-electron chi connectivity index (χ4n) is 12.9. The van der Waals surface area contributed by atoms with E-state index in [0.717, 1.165) is 83.0 Å². The molecule has 19 heteroatoms. The van der Waals surface area contributed by atoms with E-state index < -0.39 is 14.0 Å². The number of unbranched alkanes of at least 4 members (excludes halogenated alkanes) is 2. The lowest BCUT2D eigenvalue weighted by Crippen LogP contribution is -2.64. The number of nitrogens with two attached hydrogens (primary N) is 1. The van der Waals surface area contributed by atoms with E-state index in [4.69, 9.17) is 55.4 Å². The molecule has 2 unspecified atom stereocenters. The minimum atomic E-state index is -1.28. The van der Waals surface area contributed by atoms with Gasteiger partial charge in [-0.2, -0.15) is 4.99 Å². The van der Waals surface area contributed by atoms with Crippen molar-refractivity contribution in [2.75, 3.05) is 65.5 Å². The highest BCUT2D eigenvalue weighted by atomic mass is 32.1. The van der Waals surface area contributed by atoms with Gasteiger partial charge in [-0.25, -0.2) is 9.78 Å². The topological polar surface area (TPSA) is 204 Å². The molecule has 5 aromatic rings. The van der Waals surface area contributed by atoms with Crippen molar-refractivity contribution < 1.29 is 23.7 Å². The van der Waals surface area contributed by atoms with Crippen LogP contribution in [-0.4, -0.2) is 111 Å². The number of likely N-dealkylation sites (N-methyl/N-ethyl adjacent to an activating group) is 1. The summed E-state index contributed by atoms with van der Waals surface area (Å²) in [6.07, 6.45) is 10.3. The number of carbonyl (C=O) groups excluding carboxylic acids is 1. The maximum atomic E-state index is 14.6. The van der Waals surface area contributed by atoms with E-state index in [-0.39, 0.29) is 34.1 Å². The predicted molar refractivity (Wildman–Crippen MR) is 311 cm³/mol. The Bertz CT molecular complexity index is 3050. The van der Waals surface area contributed by atoms with Crippen LogP contribution in [0.25, 0.3) is 26.2 Å². The third-order valence-corrected chi connectivity index (χ3v) is 18.2. The molecule has 3 aromatic heterocycles. The number of aliphatic imine (C=N–C) groups is 1. The second kappa shape index (κ2) is 24.4. The molecule has 17 nitrogen and oxygen atoms in total. The van der Waals surface area contributed by atoms with Gasteiger partial charge in [0.2, 0.25) is 0 Å². The molecule has 4 saturated carbocycles. The van der Waals surface area contributed by atoms with Crippen LogP contribution in [0, 0.1) is 23.2 Å². The molecule has 2 N–H and O–H groups in total. The number of benzene rings is 2. The summed E-state index contributed by atoms with van der Waals surface area (Å²) in [6, 6.07) is 22.4. The van der Waals surface area contributed by atoms with Crippen LogP contribution in [0.3, 0.4) is 0 Å². The molecule has 4 aliphatic rings. The number of carbonyl (C=O) groups is 1. The van der Waals surface area contributed by atoms with Gasteiger partial charge < -0.3 is 34.5 Å². The second-order valence-electron chi connectivity index (χ2n) is 24.1. The van der Waals surface area contributed by atoms with Gasteiger partial charge in [-0.3, -0.25) is 9.56 Å². The number of ether oxygens (including phenoxy) is 4. The monoisotopic (exact) mass is 1080 g/mol. The van der Waals surface area contributed by atoms with E-state index in [1.165, 1.54) is 12.6 Å². The number of nitrogens with zero attached hydrogens (tertiary/aromatic N) is 11. The quantitative estimate of drug-likeness (QED) is 0.0105. The maximum absolute atomic E-state index is 14.6. The van der Waals surface area contributed by atoms with Crippen molar-refractivity contribution in [3.63, 3.8) is 0 Å². The molecule has 0 saturated heterocycles. The SMILES string of the molecule is COc1ccc(COC(=O)c2nc(N(CCCCCN=[N+]=[N-])c3cc(C)c(N=c4sc5ccccc5n4COCC[Si](C)(C)C)nn3)ccc2/C(=C/N)C(C)=NCC23CC4(C)CC(C)(C2)CC(OCCN(C)C)(C4)C3)cc1. The van der Waals surface area contributed by atoms with E-state index in [9.17, 15) is 4.79 Å². The summed E-state index contributed by atoms with van der Waals surface area (Å²) >= 11 is 1.58. The van der Waals surface area contributed by atoms with Crippen molar-refractivity contribution in [2.24, 2.45) is 37.1 Å². The van der Waals surface area contributed by atoms with Crippen LogP contribution in [0.5, 0.6) is 5.75 Å². The number of aryl methyl sites for hydroxylation is 1. The summed E-state index contributed by atoms with van der Waals surface area (Å²) in [5, 5.41) is 13.3. The van der Waals surface area contributed by atoms with Gasteiger partial charge in [-0.1, -0.05) is 80.6 Å². The lowest BCUT2D eigenvalue weighted by molar-refractivity contribution is -0.242. The molecule has 0 aliphatic heterocycles. The number of hydrogen-bond donors (Lipinski definition) is 1. The van der Waals surface area contributed by atoms with Crippen LogP contribution < -0.4 is 20.2 Å². The van der Waals surface area contributed by atoms with Gasteiger partial charge in [0.25, 0.3) is 0 Å². The number of aromatic nitrogens is 4. The van der Waals surface area contributed by atoms with Crippen molar-refractivity contribution in [3.8, 4) is 5.75 Å². The number of thiazole rings is 1. The fraction of sp³-hybridized carbons (Fsp3) is 0.552. The standard InChI is InChI=1S/C58H80N12O5SSi/c1-41-30-50(65-66-52(41)64-54-70(40-73-28-29-77(8,9)10)47-16-12-13-17-48(47)76-54)69(25-15-11-14-24-62-67-60)49-23-22-45(51(63-49)53(71)74-32-43-18-20-44(72-7)21-19-43)46(31-59)42(2)61-39-57-34-55(3)33-56(4,35-57)37-58(36-55,38-57)75-27-26-68(5)6/h12-13,16-23,30-31H,11,14-15,24-29,32-40,59H2,1-10H3/b46-31+,61-42?,64-54?. The van der Waals surface area contributed by atoms with Crippen molar-refractivity contribution in [3.05, 3.63) is 111 Å². The summed E-state index contributed by atoms with van der Waals surface area (Å²) in [4.78, 5) is 38.1. The second-order valence-corrected chi connectivity index (χ2v) is 30.7. The van der Waals surface area contributed by atoms with Crippen LogP contribution in [0.2, 0.25) is 25.7 Å². The van der Waals surface area contributed by atoms with E-state index in [2.05, 4.69) is 79.2 Å². The molecule has 412 valence electrons. The first kappa shape index (κ1) is 57.2. The van der Waals surface area contributed by atoms with Gasteiger partial charge in [-0.15, -0.1) is 10.2 Å². The smallest absolute Gasteiger partial charge is 0.358 e. The van der Waals surface area contributed by atoms with Crippen LogP contribution in [-0.2, 0) is 27.5 Å². The van der Waals surface area contributed by atoms with Crippen molar-refractivity contribution in [1.82, 2.24) is 24.6 Å². The molecule has 4 bridgehead atoms. The average Bonchev–Trinajstić information content (AvgIpc) is 3.73. The first-order valence-electron chi connectivity index (χ1n) is 27.1. The Kier molecular flexibility index (Phi) is 18.1. The van der Waals surface area contributed by atoms with Crippen LogP contribution in [0.15, 0.2) is 88.0 Å². The number of rotatable bonds is 26. The number of esters is 1. The first-order chi connectivity index (χ1) is 36.8. The highest BCUT2D eigenvalue weighted by Crippen LogP contribution is 2.71. The molecule has 0 spiro atoms. The highest BCUT2D eigenvalue weighted by molar-refractivity contribution is 7.16. The first-order valence-corrected chi connectivity index (χ1v) is 31.7. The van der Waals surface area contributed by atoms with E-state index in [1.54, 1.807) is 18.4 Å². The Balaban J connectivity index is 1.13. The molecule has 2 aromatic carbocycles. The molecule has 4 fully saturated rings. The van der Waals surface area contributed by atoms with Crippen molar-refractivity contribution in [2.45, 2.75) is 130 Å². The Morgan fingerprint density at radius 3 is 2.38 bits per heavy atom. The maximum Gasteiger partial charge on any atom is 0.358 e. The fourth-order valence-corrected chi connectivity index (χ4v) is 14.6. The molecule has 9 rings (SSSR count). The highest BCUT2D eigenvalue weighted by Gasteiger charge is 2.66. The number of hydrogen-bond acceptors (Lipinski definition) is 15. The van der Waals surface area contributed by atoms with Gasteiger partial charge in [0.05, 0.1) is 29.5 Å². The number of para-hydroxylation sites is 1. The molecular formula is C58H80N12O5SSi. The van der Waals surface area contributed by atoms with E-state index in [0.29, 0.717) is 86.8 Å². The lowest BCUT2D eigenvalue weighted by atomic mass is 9.39. The normalized spacial score (nSPS) is 22.5. The Morgan fingerprint density at radius 2 is 1.69 bits per heavy atom. The van der Waals surface area contributed by atoms with Crippen molar-refractivity contribution in [1.29, 1.82) is 0 Å². The Morgan fingerprint density at radius 1 is 0.935 bits per heavy atom. The predicted octanol–water partition coefficient (Wildman–Crippen LogP) is 12.2. The zero-order valence-electron chi connectivity index (χ0n) is 47.1. The van der Waals surface area contributed by atoms with E-state index >= 15 is 0 Å². The molecule has 0 radical (unpaired) electrons. The molecular weight excluding hydrogens is 1000 g/mol. The number of pyridine rings is 1. The summed E-state index contributed by atoms with van der Waals surface area (Å²) in [7, 11) is 4.52. The minimum Gasteiger partial charge on any atom is -0.497 e. The third-order valence-electron chi connectivity index (χ3n) is 15.4. The number of anilines is 2. The Labute approximate surface area is 459 Å². The van der Waals surface area contributed by atoms with Gasteiger partial charge in [-0.05, 0) is 161 Å². The zero-order valence-corrected chi connectivity index (χ0v) is 48.9. The van der Waals surface area contributed by atoms with Gasteiger partial charge >= 0.3 is 5.97 Å². The zero-order chi connectivity index (χ0) is 55.0. The average molecular weight is 1090 g/mol. The number of azide groups is 1. The number of fused-ring (bicyclic) bond motifs is 1. The largest absolute Gasteiger partial charge is 0.497 e. The number of methoxy groups -OCH3 is 1. The molecule has 77 heavy (non-hydrogen) atoms. The summed E-state index contributed by atoms with van der Waals surface area (Å²) < 4.78 is 27.8. The van der Waals surface area contributed by atoms with Gasteiger partial charge in [0, 0.05) is 68.8 Å². The lowest BCUT2D eigenvalue weighted by Gasteiger charge is -2.69.